The van der Waals surface area contributed by atoms with Crippen molar-refractivity contribution in [3.63, 3.8) is 0 Å². The number of nitrogens with zero attached hydrogens (tertiary/aromatic N) is 1. The second-order valence-corrected chi connectivity index (χ2v) is 11.9. The lowest BCUT2D eigenvalue weighted by Gasteiger charge is -2.28. The summed E-state index contributed by atoms with van der Waals surface area (Å²) in [6.45, 7) is 4.73. The predicted molar refractivity (Wildman–Crippen MR) is 179 cm³/mol. The van der Waals surface area contributed by atoms with E-state index < -0.39 is 0 Å². The fraction of sp³-hybridized carbons (Fsp3) is 0.0732. The van der Waals surface area contributed by atoms with Gasteiger partial charge in [-0.25, -0.2) is 0 Å². The zero-order valence-corrected chi connectivity index (χ0v) is 23.9. The number of benzene rings is 7. The fourth-order valence-electron chi connectivity index (χ4n) is 6.74. The summed E-state index contributed by atoms with van der Waals surface area (Å²) in [4.78, 5) is 2.38. The van der Waals surface area contributed by atoms with Crippen molar-refractivity contribution in [2.75, 3.05) is 4.90 Å². The highest BCUT2D eigenvalue weighted by Crippen LogP contribution is 2.51. The van der Waals surface area contributed by atoms with Crippen molar-refractivity contribution >= 4 is 38.6 Å². The first-order chi connectivity index (χ1) is 20.6. The van der Waals surface area contributed by atoms with Crippen molar-refractivity contribution in [2.24, 2.45) is 0 Å². The third kappa shape index (κ3) is 3.93. The Bertz CT molecular complexity index is 2100. The summed E-state index contributed by atoms with van der Waals surface area (Å²) >= 11 is 0. The summed E-state index contributed by atoms with van der Waals surface area (Å²) in [7, 11) is 0. The maximum Gasteiger partial charge on any atom is 0.0465 e. The summed E-state index contributed by atoms with van der Waals surface area (Å²) in [6, 6.07) is 55.4. The summed E-state index contributed by atoms with van der Waals surface area (Å²) in [6.07, 6.45) is 0. The van der Waals surface area contributed by atoms with E-state index in [2.05, 4.69) is 170 Å². The molecule has 0 saturated carbocycles. The number of hydrogen-bond acceptors (Lipinski definition) is 1. The SMILES string of the molecule is CC1(C)c2cc(N(c3ccccc3)c3ccc(-c4ccc5ccccc5c4)cc3)ccc2-c2cc3ccccc3cc21. The van der Waals surface area contributed by atoms with Crippen LogP contribution in [0.2, 0.25) is 0 Å². The molecule has 7 aromatic rings. The van der Waals surface area contributed by atoms with Crippen LogP contribution in [0.5, 0.6) is 0 Å². The van der Waals surface area contributed by atoms with Crippen LogP contribution in [-0.4, -0.2) is 0 Å². The van der Waals surface area contributed by atoms with E-state index in [4.69, 9.17) is 0 Å². The molecule has 0 fully saturated rings. The van der Waals surface area contributed by atoms with Crippen LogP contribution >= 0.6 is 0 Å². The minimum Gasteiger partial charge on any atom is -0.310 e. The molecule has 0 aliphatic heterocycles. The van der Waals surface area contributed by atoms with Gasteiger partial charge >= 0.3 is 0 Å². The van der Waals surface area contributed by atoms with Gasteiger partial charge in [-0.2, -0.15) is 0 Å². The lowest BCUT2D eigenvalue weighted by molar-refractivity contribution is 0.661. The van der Waals surface area contributed by atoms with Crippen molar-refractivity contribution in [1.82, 2.24) is 0 Å². The Morgan fingerprint density at radius 3 is 1.67 bits per heavy atom. The largest absolute Gasteiger partial charge is 0.310 e. The van der Waals surface area contributed by atoms with Crippen LogP contribution in [0.15, 0.2) is 152 Å². The van der Waals surface area contributed by atoms with Crippen molar-refractivity contribution in [2.45, 2.75) is 19.3 Å². The van der Waals surface area contributed by atoms with Gasteiger partial charge in [0.1, 0.15) is 0 Å². The molecule has 0 atom stereocenters. The molecule has 1 aliphatic rings. The topological polar surface area (TPSA) is 3.24 Å². The van der Waals surface area contributed by atoms with Crippen LogP contribution < -0.4 is 4.90 Å². The van der Waals surface area contributed by atoms with Crippen LogP contribution in [0.25, 0.3) is 43.8 Å². The molecule has 0 bridgehead atoms. The predicted octanol–water partition coefficient (Wildman–Crippen LogP) is 11.4. The van der Waals surface area contributed by atoms with Crippen molar-refractivity contribution < 1.29 is 0 Å². The van der Waals surface area contributed by atoms with Gasteiger partial charge in [-0.3, -0.25) is 0 Å². The molecule has 0 spiro atoms. The van der Waals surface area contributed by atoms with Crippen LogP contribution in [0, 0.1) is 0 Å². The molecular weight excluding hydrogens is 506 g/mol. The van der Waals surface area contributed by atoms with Crippen LogP contribution in [0.3, 0.4) is 0 Å². The third-order valence-electron chi connectivity index (χ3n) is 9.01. The molecule has 200 valence electrons. The Morgan fingerprint density at radius 2 is 0.929 bits per heavy atom. The van der Waals surface area contributed by atoms with Crippen molar-refractivity contribution in [1.29, 1.82) is 0 Å². The van der Waals surface area contributed by atoms with E-state index >= 15 is 0 Å². The first-order valence-electron chi connectivity index (χ1n) is 14.7. The minimum absolute atomic E-state index is 0.0903. The molecule has 0 unspecified atom stereocenters. The minimum atomic E-state index is -0.0903. The molecule has 0 saturated heterocycles. The van der Waals surface area contributed by atoms with Crippen LogP contribution in [-0.2, 0) is 5.41 Å². The average molecular weight is 538 g/mol. The molecule has 1 nitrogen and oxygen atoms in total. The summed E-state index contributed by atoms with van der Waals surface area (Å²) in [5.74, 6) is 0. The van der Waals surface area contributed by atoms with Crippen LogP contribution in [0.1, 0.15) is 25.0 Å². The van der Waals surface area contributed by atoms with Gasteiger partial charge in [-0.1, -0.05) is 111 Å². The van der Waals surface area contributed by atoms with E-state index in [1.165, 1.54) is 60.6 Å². The highest BCUT2D eigenvalue weighted by molar-refractivity contribution is 5.94. The molecule has 8 rings (SSSR count). The lowest BCUT2D eigenvalue weighted by atomic mass is 9.81. The first kappa shape index (κ1) is 24.6. The molecule has 0 amide bonds. The number of para-hydroxylation sites is 1. The van der Waals surface area contributed by atoms with E-state index in [9.17, 15) is 0 Å². The smallest absolute Gasteiger partial charge is 0.0465 e. The molecular formula is C41H31N. The summed E-state index contributed by atoms with van der Waals surface area (Å²) < 4.78 is 0. The Morgan fingerprint density at radius 1 is 0.381 bits per heavy atom. The van der Waals surface area contributed by atoms with E-state index in [1.54, 1.807) is 0 Å². The molecule has 1 heteroatoms. The van der Waals surface area contributed by atoms with Gasteiger partial charge in [0.15, 0.2) is 0 Å². The zero-order valence-electron chi connectivity index (χ0n) is 23.9. The van der Waals surface area contributed by atoms with Crippen molar-refractivity contribution in [3.8, 4) is 22.3 Å². The molecule has 7 aromatic carbocycles. The fourth-order valence-corrected chi connectivity index (χ4v) is 6.74. The van der Waals surface area contributed by atoms with Gasteiger partial charge in [0, 0.05) is 22.5 Å². The number of rotatable bonds is 4. The zero-order chi connectivity index (χ0) is 28.3. The van der Waals surface area contributed by atoms with Crippen molar-refractivity contribution in [3.05, 3.63) is 163 Å². The number of fused-ring (bicyclic) bond motifs is 5. The van der Waals surface area contributed by atoms with Gasteiger partial charge in [0.05, 0.1) is 0 Å². The van der Waals surface area contributed by atoms with E-state index in [-0.39, 0.29) is 5.41 Å². The Balaban J connectivity index is 1.23. The lowest BCUT2D eigenvalue weighted by Crippen LogP contribution is -2.16. The van der Waals surface area contributed by atoms with Gasteiger partial charge in [-0.15, -0.1) is 0 Å². The second kappa shape index (κ2) is 9.46. The Kier molecular flexibility index (Phi) is 5.55. The molecule has 0 radical (unpaired) electrons. The maximum atomic E-state index is 2.41. The van der Waals surface area contributed by atoms with Gasteiger partial charge in [0.25, 0.3) is 0 Å². The molecule has 1 aliphatic carbocycles. The average Bonchev–Trinajstić information content (AvgIpc) is 3.26. The van der Waals surface area contributed by atoms with E-state index in [1.807, 2.05) is 0 Å². The number of anilines is 3. The van der Waals surface area contributed by atoms with Gasteiger partial charge in [-0.05, 0) is 110 Å². The quantitative estimate of drug-likeness (QED) is 0.216. The molecule has 0 aromatic heterocycles. The monoisotopic (exact) mass is 537 g/mol. The van der Waals surface area contributed by atoms with E-state index in [0.717, 1.165) is 11.4 Å². The van der Waals surface area contributed by atoms with E-state index in [0.29, 0.717) is 0 Å². The number of hydrogen-bond donors (Lipinski definition) is 0. The second-order valence-electron chi connectivity index (χ2n) is 11.9. The normalized spacial score (nSPS) is 13.2. The summed E-state index contributed by atoms with van der Waals surface area (Å²) in [5, 5.41) is 5.12. The molecule has 0 heterocycles. The third-order valence-corrected chi connectivity index (χ3v) is 9.01. The molecule has 42 heavy (non-hydrogen) atoms. The van der Waals surface area contributed by atoms with Crippen LogP contribution in [0.4, 0.5) is 17.1 Å². The first-order valence-corrected chi connectivity index (χ1v) is 14.7. The maximum absolute atomic E-state index is 2.41. The Labute approximate surface area is 247 Å². The standard InChI is InChI=1S/C41H31N/c1-41(2)39-26-32-13-9-8-12-31(32)25-38(39)37-23-22-36(27-40(37)41)42(34-14-4-3-5-15-34)35-20-18-29(19-21-35)33-17-16-28-10-6-7-11-30(28)24-33/h3-27H,1-2H3. The highest BCUT2D eigenvalue weighted by atomic mass is 15.1. The highest BCUT2D eigenvalue weighted by Gasteiger charge is 2.36. The Hall–Kier alpha value is -5.14. The molecule has 0 N–H and O–H groups in total. The van der Waals surface area contributed by atoms with Gasteiger partial charge < -0.3 is 4.90 Å². The van der Waals surface area contributed by atoms with Gasteiger partial charge in [0.2, 0.25) is 0 Å². The summed E-state index contributed by atoms with van der Waals surface area (Å²) in [5.41, 5.74) is 11.3.